The second kappa shape index (κ2) is 10.3. The molecule has 2 atom stereocenters. The molecule has 5 nitrogen and oxygen atoms in total. The third kappa shape index (κ3) is 6.17. The number of hydrogen-bond acceptors (Lipinski definition) is 3. The van der Waals surface area contributed by atoms with Crippen molar-refractivity contribution in [2.75, 3.05) is 32.8 Å². The fraction of sp³-hybridized carbons (Fsp3) is 0.409. The van der Waals surface area contributed by atoms with Gasteiger partial charge in [-0.3, -0.25) is 0 Å². The smallest absolute Gasteiger partial charge is 0.396 e. The average Bonchev–Trinajstić information content (AvgIpc) is 2.78. The topological polar surface area (TPSA) is 61.8 Å². The molecule has 0 bridgehead atoms. The molecule has 0 radical (unpaired) electrons. The molecule has 0 aromatic heterocycles. The van der Waals surface area contributed by atoms with Crippen LogP contribution < -0.4 is 5.32 Å². The van der Waals surface area contributed by atoms with Gasteiger partial charge in [0.25, 0.3) is 0 Å². The summed E-state index contributed by atoms with van der Waals surface area (Å²) in [5.41, 5.74) is 0.269. The summed E-state index contributed by atoms with van der Waals surface area (Å²) in [7, 11) is 0. The highest BCUT2D eigenvalue weighted by Gasteiger charge is 2.30. The van der Waals surface area contributed by atoms with Crippen molar-refractivity contribution >= 4 is 6.03 Å². The van der Waals surface area contributed by atoms with Gasteiger partial charge in [-0.15, -0.1) is 0 Å². The summed E-state index contributed by atoms with van der Waals surface area (Å²) in [6.07, 6.45) is -4.74. The molecule has 0 unspecified atom stereocenters. The molecular formula is C22H23F5N2O3. The normalized spacial score (nSPS) is 17.8. The highest BCUT2D eigenvalue weighted by Crippen LogP contribution is 2.29. The zero-order chi connectivity index (χ0) is 23.3. The van der Waals surface area contributed by atoms with E-state index in [0.29, 0.717) is 17.7 Å². The second-order valence-electron chi connectivity index (χ2n) is 7.61. The van der Waals surface area contributed by atoms with Crippen LogP contribution in [0.25, 0.3) is 0 Å². The van der Waals surface area contributed by atoms with Crippen LogP contribution in [0.1, 0.15) is 22.8 Å². The van der Waals surface area contributed by atoms with E-state index in [0.717, 1.165) is 24.3 Å². The van der Waals surface area contributed by atoms with Gasteiger partial charge in [0.05, 0.1) is 18.7 Å². The minimum absolute atomic E-state index is 0.115. The van der Waals surface area contributed by atoms with Crippen LogP contribution in [-0.4, -0.2) is 48.9 Å². The van der Waals surface area contributed by atoms with Crippen LogP contribution in [0.3, 0.4) is 0 Å². The fourth-order valence-corrected chi connectivity index (χ4v) is 3.46. The summed E-state index contributed by atoms with van der Waals surface area (Å²) >= 11 is 0. The summed E-state index contributed by atoms with van der Waals surface area (Å²) in [4.78, 5) is 14.0. The van der Waals surface area contributed by atoms with Gasteiger partial charge in [0.15, 0.2) is 11.6 Å². The summed E-state index contributed by atoms with van der Waals surface area (Å²) < 4.78 is 70.2. The molecule has 1 saturated heterocycles. The molecule has 174 valence electrons. The molecule has 0 saturated carbocycles. The molecular weight excluding hydrogens is 435 g/mol. The van der Waals surface area contributed by atoms with Crippen LogP contribution >= 0.6 is 0 Å². The maximum absolute atomic E-state index is 13.5. The van der Waals surface area contributed by atoms with E-state index in [4.69, 9.17) is 4.74 Å². The Morgan fingerprint density at radius 1 is 1.16 bits per heavy atom. The Morgan fingerprint density at radius 3 is 2.50 bits per heavy atom. The predicted molar refractivity (Wildman–Crippen MR) is 106 cm³/mol. The quantitative estimate of drug-likeness (QED) is 0.646. The Hall–Kier alpha value is -2.72. The Bertz CT molecular complexity index is 921. The number of benzene rings is 2. The van der Waals surface area contributed by atoms with E-state index in [-0.39, 0.29) is 32.7 Å². The summed E-state index contributed by atoms with van der Waals surface area (Å²) in [5.74, 6) is -2.36. The van der Waals surface area contributed by atoms with Crippen molar-refractivity contribution < 1.29 is 36.6 Å². The number of nitrogens with one attached hydrogen (secondary N) is 1. The van der Waals surface area contributed by atoms with E-state index in [1.807, 2.05) is 0 Å². The third-order valence-corrected chi connectivity index (χ3v) is 5.27. The fourth-order valence-electron chi connectivity index (χ4n) is 3.46. The standard InChI is InChI=1S/C22H23F5N2O3/c23-18-6-3-16(10-19(18)24)20-12-29(7-8-32-20)21(31)28-11-15(13-30)9-14-1-4-17(5-2-14)22(25,26)27/h1-6,10,15,20,30H,7-9,11-13H2,(H,28,31)/t15-,20-/m1/s1. The number of urea groups is 1. The van der Waals surface area contributed by atoms with Crippen molar-refractivity contribution in [2.45, 2.75) is 18.7 Å². The van der Waals surface area contributed by atoms with Crippen molar-refractivity contribution in [3.63, 3.8) is 0 Å². The van der Waals surface area contributed by atoms with Crippen LogP contribution in [0.4, 0.5) is 26.7 Å². The summed E-state index contributed by atoms with van der Waals surface area (Å²) in [6, 6.07) is 7.68. The zero-order valence-electron chi connectivity index (χ0n) is 17.0. The number of ether oxygens (including phenoxy) is 1. The maximum Gasteiger partial charge on any atom is 0.416 e. The van der Waals surface area contributed by atoms with Gasteiger partial charge in [-0.1, -0.05) is 18.2 Å². The van der Waals surface area contributed by atoms with Gasteiger partial charge in [-0.2, -0.15) is 13.2 Å². The number of amides is 2. The Kier molecular flexibility index (Phi) is 7.68. The lowest BCUT2D eigenvalue weighted by Crippen LogP contribution is -2.48. The molecule has 1 heterocycles. The van der Waals surface area contributed by atoms with Gasteiger partial charge in [-0.05, 0) is 41.8 Å². The SMILES string of the molecule is O=C(NC[C@H](CO)Cc1ccc(C(F)(F)F)cc1)N1CCO[C@@H](c2ccc(F)c(F)c2)C1. The van der Waals surface area contributed by atoms with Gasteiger partial charge in [0, 0.05) is 25.6 Å². The van der Waals surface area contributed by atoms with Gasteiger partial charge in [0.2, 0.25) is 0 Å². The Balaban J connectivity index is 1.53. The molecule has 1 aliphatic rings. The van der Waals surface area contributed by atoms with E-state index < -0.39 is 41.4 Å². The van der Waals surface area contributed by atoms with Crippen molar-refractivity contribution in [1.29, 1.82) is 0 Å². The van der Waals surface area contributed by atoms with E-state index in [2.05, 4.69) is 5.32 Å². The second-order valence-corrected chi connectivity index (χ2v) is 7.61. The predicted octanol–water partition coefficient (Wildman–Crippen LogP) is 3.92. The molecule has 2 aromatic rings. The molecule has 10 heteroatoms. The highest BCUT2D eigenvalue weighted by atomic mass is 19.4. The zero-order valence-corrected chi connectivity index (χ0v) is 17.0. The lowest BCUT2D eigenvalue weighted by molar-refractivity contribution is -0.137. The highest BCUT2D eigenvalue weighted by molar-refractivity contribution is 5.74. The molecule has 1 fully saturated rings. The van der Waals surface area contributed by atoms with E-state index in [9.17, 15) is 31.9 Å². The largest absolute Gasteiger partial charge is 0.416 e. The van der Waals surface area contributed by atoms with Crippen molar-refractivity contribution in [3.05, 3.63) is 70.8 Å². The minimum atomic E-state index is -4.42. The number of hydrogen-bond donors (Lipinski definition) is 2. The third-order valence-electron chi connectivity index (χ3n) is 5.27. The minimum Gasteiger partial charge on any atom is -0.396 e. The van der Waals surface area contributed by atoms with Crippen LogP contribution in [-0.2, 0) is 17.3 Å². The number of rotatable bonds is 6. The lowest BCUT2D eigenvalue weighted by atomic mass is 9.99. The first-order valence-electron chi connectivity index (χ1n) is 10.0. The molecule has 3 rings (SSSR count). The molecule has 32 heavy (non-hydrogen) atoms. The number of carbonyl (C=O) groups is 1. The van der Waals surface area contributed by atoms with Crippen LogP contribution in [0.2, 0.25) is 0 Å². The van der Waals surface area contributed by atoms with E-state index in [1.54, 1.807) is 0 Å². The van der Waals surface area contributed by atoms with Gasteiger partial charge in [-0.25, -0.2) is 13.6 Å². The number of halogens is 5. The van der Waals surface area contributed by atoms with Gasteiger partial charge >= 0.3 is 12.2 Å². The van der Waals surface area contributed by atoms with Crippen LogP contribution in [0.15, 0.2) is 42.5 Å². The molecule has 2 amide bonds. The van der Waals surface area contributed by atoms with Gasteiger partial charge in [0.1, 0.15) is 6.10 Å². The maximum atomic E-state index is 13.5. The number of carbonyl (C=O) groups excluding carboxylic acids is 1. The van der Waals surface area contributed by atoms with E-state index >= 15 is 0 Å². The van der Waals surface area contributed by atoms with Crippen molar-refractivity contribution in [3.8, 4) is 0 Å². The number of nitrogens with zero attached hydrogens (tertiary/aromatic N) is 1. The number of aliphatic hydroxyl groups is 1. The number of aliphatic hydroxyl groups excluding tert-OH is 1. The molecule has 0 aliphatic carbocycles. The van der Waals surface area contributed by atoms with E-state index in [1.165, 1.54) is 23.1 Å². The van der Waals surface area contributed by atoms with Crippen LogP contribution in [0.5, 0.6) is 0 Å². The Labute approximate surface area is 181 Å². The summed E-state index contributed by atoms with van der Waals surface area (Å²) in [6.45, 7) is 0.506. The lowest BCUT2D eigenvalue weighted by Gasteiger charge is -2.33. The molecule has 1 aliphatic heterocycles. The average molecular weight is 458 g/mol. The number of alkyl halides is 3. The summed E-state index contributed by atoms with van der Waals surface area (Å²) in [5, 5.41) is 12.3. The number of morpholine rings is 1. The first-order chi connectivity index (χ1) is 15.2. The first kappa shape index (κ1) is 23.9. The molecule has 2 aromatic carbocycles. The van der Waals surface area contributed by atoms with Gasteiger partial charge < -0.3 is 20.1 Å². The molecule has 2 N–H and O–H groups in total. The Morgan fingerprint density at radius 2 is 1.88 bits per heavy atom. The first-order valence-corrected chi connectivity index (χ1v) is 10.0. The monoisotopic (exact) mass is 458 g/mol. The van der Waals surface area contributed by atoms with Crippen LogP contribution in [0, 0.1) is 17.6 Å². The molecule has 0 spiro atoms. The van der Waals surface area contributed by atoms with Crippen molar-refractivity contribution in [1.82, 2.24) is 10.2 Å². The van der Waals surface area contributed by atoms with Crippen molar-refractivity contribution in [2.24, 2.45) is 5.92 Å².